The van der Waals surface area contributed by atoms with Crippen LogP contribution in [0.3, 0.4) is 0 Å². The molecule has 3 rings (SSSR count). The lowest BCUT2D eigenvalue weighted by Gasteiger charge is -2.12. The van der Waals surface area contributed by atoms with Crippen LogP contribution >= 0.6 is 11.6 Å². The molecule has 7 nitrogen and oxygen atoms in total. The molecule has 0 spiro atoms. The number of ether oxygens (including phenoxy) is 2. The van der Waals surface area contributed by atoms with Gasteiger partial charge in [0.2, 0.25) is 0 Å². The molecule has 0 aliphatic heterocycles. The van der Waals surface area contributed by atoms with Crippen molar-refractivity contribution in [3.05, 3.63) is 77.1 Å². The highest BCUT2D eigenvalue weighted by atomic mass is 35.5. The maximum absolute atomic E-state index is 13.4. The van der Waals surface area contributed by atoms with Gasteiger partial charge in [0.1, 0.15) is 17.3 Å². The largest absolute Gasteiger partial charge is 0.494 e. The molecule has 0 heterocycles. The van der Waals surface area contributed by atoms with Crippen molar-refractivity contribution in [2.45, 2.75) is 18.7 Å². The smallest absolute Gasteiger partial charge is 0.262 e. The van der Waals surface area contributed by atoms with Crippen LogP contribution < -0.4 is 19.5 Å². The van der Waals surface area contributed by atoms with Crippen LogP contribution in [0.5, 0.6) is 11.5 Å². The molecule has 2 N–H and O–H groups in total. The third-order valence-electron chi connectivity index (χ3n) is 4.46. The van der Waals surface area contributed by atoms with Crippen LogP contribution in [0, 0.1) is 12.7 Å². The van der Waals surface area contributed by atoms with E-state index in [2.05, 4.69) is 10.0 Å². The molecule has 0 fully saturated rings. The molecule has 0 aliphatic carbocycles. The SMILES string of the molecule is CCOc1ccc(NS(=O)(=O)c2ccc(OCC(=O)Nc3cc(F)ccc3C)c(Cl)c2)cc1. The van der Waals surface area contributed by atoms with Crippen molar-refractivity contribution in [1.29, 1.82) is 0 Å². The number of nitrogens with one attached hydrogen (secondary N) is 2. The first-order valence-electron chi connectivity index (χ1n) is 9.92. The Balaban J connectivity index is 1.63. The van der Waals surface area contributed by atoms with Crippen LogP contribution in [0.15, 0.2) is 65.6 Å². The molecule has 174 valence electrons. The quantitative estimate of drug-likeness (QED) is 0.438. The third-order valence-corrected chi connectivity index (χ3v) is 6.14. The van der Waals surface area contributed by atoms with E-state index in [1.807, 2.05) is 6.92 Å². The minimum atomic E-state index is -3.90. The van der Waals surface area contributed by atoms with E-state index < -0.39 is 28.4 Å². The number of benzene rings is 3. The molecule has 33 heavy (non-hydrogen) atoms. The lowest BCUT2D eigenvalue weighted by molar-refractivity contribution is -0.118. The first-order valence-corrected chi connectivity index (χ1v) is 11.8. The molecule has 0 saturated carbocycles. The Morgan fingerprint density at radius 3 is 2.42 bits per heavy atom. The maximum atomic E-state index is 13.4. The second kappa shape index (κ2) is 10.5. The van der Waals surface area contributed by atoms with Gasteiger partial charge in [0.15, 0.2) is 6.61 Å². The predicted molar refractivity (Wildman–Crippen MR) is 125 cm³/mol. The van der Waals surface area contributed by atoms with Gasteiger partial charge >= 0.3 is 0 Å². The molecule has 0 unspecified atom stereocenters. The molecule has 10 heteroatoms. The van der Waals surface area contributed by atoms with Gasteiger partial charge < -0.3 is 14.8 Å². The number of carbonyl (C=O) groups excluding carboxylic acids is 1. The Hall–Kier alpha value is -3.30. The Kier molecular flexibility index (Phi) is 7.78. The number of sulfonamides is 1. The van der Waals surface area contributed by atoms with E-state index in [0.717, 1.165) is 0 Å². The number of hydrogen-bond acceptors (Lipinski definition) is 5. The summed E-state index contributed by atoms with van der Waals surface area (Å²) >= 11 is 6.17. The van der Waals surface area contributed by atoms with Gasteiger partial charge in [0.25, 0.3) is 15.9 Å². The summed E-state index contributed by atoms with van der Waals surface area (Å²) in [4.78, 5) is 12.1. The second-order valence-corrected chi connectivity index (χ2v) is 9.04. The zero-order chi connectivity index (χ0) is 24.0. The Morgan fingerprint density at radius 2 is 1.76 bits per heavy atom. The summed E-state index contributed by atoms with van der Waals surface area (Å²) in [5.74, 6) is -0.242. The summed E-state index contributed by atoms with van der Waals surface area (Å²) in [7, 11) is -3.90. The highest BCUT2D eigenvalue weighted by molar-refractivity contribution is 7.92. The second-order valence-electron chi connectivity index (χ2n) is 6.95. The van der Waals surface area contributed by atoms with E-state index in [1.165, 1.54) is 30.3 Å². The van der Waals surface area contributed by atoms with Crippen LogP contribution in [0.1, 0.15) is 12.5 Å². The van der Waals surface area contributed by atoms with E-state index in [4.69, 9.17) is 21.1 Å². The molecular weight excluding hydrogens is 471 g/mol. The van der Waals surface area contributed by atoms with Crippen LogP contribution in [-0.2, 0) is 14.8 Å². The minimum Gasteiger partial charge on any atom is -0.494 e. The van der Waals surface area contributed by atoms with Gasteiger partial charge in [-0.1, -0.05) is 17.7 Å². The summed E-state index contributed by atoms with van der Waals surface area (Å²) < 4.78 is 51.9. The molecule has 0 saturated heterocycles. The Labute approximate surface area is 196 Å². The van der Waals surface area contributed by atoms with Crippen molar-refractivity contribution >= 4 is 38.9 Å². The van der Waals surface area contributed by atoms with Gasteiger partial charge in [-0.05, 0) is 74.0 Å². The fourth-order valence-electron chi connectivity index (χ4n) is 2.82. The minimum absolute atomic E-state index is 0.0132. The van der Waals surface area contributed by atoms with Crippen molar-refractivity contribution in [2.75, 3.05) is 23.3 Å². The number of carbonyl (C=O) groups is 1. The van der Waals surface area contributed by atoms with Crippen molar-refractivity contribution in [3.8, 4) is 11.5 Å². The molecule has 0 aromatic heterocycles. The molecule has 0 atom stereocenters. The zero-order valence-corrected chi connectivity index (χ0v) is 19.5. The van der Waals surface area contributed by atoms with Crippen molar-refractivity contribution in [3.63, 3.8) is 0 Å². The van der Waals surface area contributed by atoms with Gasteiger partial charge in [-0.25, -0.2) is 12.8 Å². The lowest BCUT2D eigenvalue weighted by atomic mass is 10.2. The first kappa shape index (κ1) is 24.3. The van der Waals surface area contributed by atoms with Gasteiger partial charge in [0.05, 0.1) is 16.5 Å². The van der Waals surface area contributed by atoms with Crippen LogP contribution in [0.4, 0.5) is 15.8 Å². The van der Waals surface area contributed by atoms with E-state index >= 15 is 0 Å². The number of aryl methyl sites for hydroxylation is 1. The average Bonchev–Trinajstić information content (AvgIpc) is 2.77. The fourth-order valence-corrected chi connectivity index (χ4v) is 4.21. The van der Waals surface area contributed by atoms with Crippen LogP contribution in [0.2, 0.25) is 5.02 Å². The van der Waals surface area contributed by atoms with E-state index in [1.54, 1.807) is 37.3 Å². The Bertz CT molecular complexity index is 1250. The molecule has 0 aliphatic rings. The first-order chi connectivity index (χ1) is 15.7. The summed E-state index contributed by atoms with van der Waals surface area (Å²) in [6.45, 7) is 3.69. The standard InChI is InChI=1S/C23H22ClFN2O5S/c1-3-31-18-8-6-17(7-9-18)27-33(29,30)19-10-11-22(20(24)13-19)32-14-23(28)26-21-12-16(25)5-4-15(21)2/h4-13,27H,3,14H2,1-2H3,(H,26,28). The van der Waals surface area contributed by atoms with Gasteiger partial charge in [-0.3, -0.25) is 9.52 Å². The third kappa shape index (κ3) is 6.59. The van der Waals surface area contributed by atoms with Crippen molar-refractivity contribution in [1.82, 2.24) is 0 Å². The van der Waals surface area contributed by atoms with Gasteiger partial charge in [0, 0.05) is 11.4 Å². The highest BCUT2D eigenvalue weighted by Crippen LogP contribution is 2.29. The summed E-state index contributed by atoms with van der Waals surface area (Å²) in [6.07, 6.45) is 0. The molecule has 0 bridgehead atoms. The monoisotopic (exact) mass is 492 g/mol. The van der Waals surface area contributed by atoms with Gasteiger partial charge in [-0.2, -0.15) is 0 Å². The number of halogens is 2. The molecule has 0 radical (unpaired) electrons. The van der Waals surface area contributed by atoms with Gasteiger partial charge in [-0.15, -0.1) is 0 Å². The summed E-state index contributed by atoms with van der Waals surface area (Å²) in [6, 6.07) is 14.4. The summed E-state index contributed by atoms with van der Waals surface area (Å²) in [5.41, 5.74) is 1.38. The van der Waals surface area contributed by atoms with E-state index in [9.17, 15) is 17.6 Å². The Morgan fingerprint density at radius 1 is 1.03 bits per heavy atom. The van der Waals surface area contributed by atoms with E-state index in [0.29, 0.717) is 29.3 Å². The lowest BCUT2D eigenvalue weighted by Crippen LogP contribution is -2.21. The van der Waals surface area contributed by atoms with Crippen molar-refractivity contribution in [2.24, 2.45) is 0 Å². The number of amides is 1. The molecule has 3 aromatic rings. The maximum Gasteiger partial charge on any atom is 0.262 e. The average molecular weight is 493 g/mol. The number of hydrogen-bond donors (Lipinski definition) is 2. The molecular formula is C23H22ClFN2O5S. The normalized spacial score (nSPS) is 11.0. The predicted octanol–water partition coefficient (Wildman–Crippen LogP) is 5.00. The topological polar surface area (TPSA) is 93.7 Å². The summed E-state index contributed by atoms with van der Waals surface area (Å²) in [5, 5.41) is 2.57. The number of anilines is 2. The molecule has 3 aromatic carbocycles. The van der Waals surface area contributed by atoms with Crippen LogP contribution in [0.25, 0.3) is 0 Å². The van der Waals surface area contributed by atoms with Crippen LogP contribution in [-0.4, -0.2) is 27.5 Å². The van der Waals surface area contributed by atoms with E-state index in [-0.39, 0.29) is 15.7 Å². The number of rotatable bonds is 9. The molecule has 1 amide bonds. The van der Waals surface area contributed by atoms with Crippen molar-refractivity contribution < 1.29 is 27.1 Å². The fraction of sp³-hybridized carbons (Fsp3) is 0.174. The zero-order valence-electron chi connectivity index (χ0n) is 17.9. The highest BCUT2D eigenvalue weighted by Gasteiger charge is 2.17.